The van der Waals surface area contributed by atoms with Gasteiger partial charge in [-0.05, 0) is 56.9 Å². The van der Waals surface area contributed by atoms with E-state index in [1.807, 2.05) is 32.9 Å². The van der Waals surface area contributed by atoms with E-state index < -0.39 is 10.0 Å². The van der Waals surface area contributed by atoms with Crippen molar-refractivity contribution < 1.29 is 17.9 Å². The molecule has 2 aromatic carbocycles. The molecule has 1 amide bonds. The van der Waals surface area contributed by atoms with E-state index in [0.717, 1.165) is 16.7 Å². The number of carbonyl (C=O) groups excluding carboxylic acids is 1. The normalized spacial score (nSPS) is 15.1. The fraction of sp³-hybridized carbons (Fsp3) is 0.320. The molecule has 0 bridgehead atoms. The predicted molar refractivity (Wildman–Crippen MR) is 129 cm³/mol. The quantitative estimate of drug-likeness (QED) is 0.566. The Kier molecular flexibility index (Phi) is 6.95. The molecule has 1 fully saturated rings. The van der Waals surface area contributed by atoms with Crippen molar-refractivity contribution in [2.45, 2.75) is 38.5 Å². The molecule has 9 heteroatoms. The predicted octanol–water partition coefficient (Wildman–Crippen LogP) is 4.23. The van der Waals surface area contributed by atoms with Gasteiger partial charge in [-0.25, -0.2) is 13.4 Å². The van der Waals surface area contributed by atoms with Crippen molar-refractivity contribution >= 4 is 21.6 Å². The van der Waals surface area contributed by atoms with E-state index in [2.05, 4.69) is 15.3 Å². The monoisotopic (exact) mass is 480 g/mol. The summed E-state index contributed by atoms with van der Waals surface area (Å²) in [5.41, 5.74) is 3.14. The van der Waals surface area contributed by atoms with Crippen LogP contribution in [0.15, 0.2) is 59.9 Å². The van der Waals surface area contributed by atoms with Gasteiger partial charge in [0.15, 0.2) is 0 Å². The highest BCUT2D eigenvalue weighted by molar-refractivity contribution is 7.89. The third-order valence-corrected chi connectivity index (χ3v) is 8.10. The number of hydrogen-bond acceptors (Lipinski definition) is 6. The third kappa shape index (κ3) is 5.26. The van der Waals surface area contributed by atoms with Gasteiger partial charge in [0.25, 0.3) is 0 Å². The van der Waals surface area contributed by atoms with Crippen molar-refractivity contribution in [1.82, 2.24) is 14.3 Å². The molecule has 1 aliphatic heterocycles. The molecule has 0 unspecified atom stereocenters. The molecular formula is C25H28N4O4S. The maximum Gasteiger partial charge on any atom is 0.243 e. The number of sulfonamides is 1. The summed E-state index contributed by atoms with van der Waals surface area (Å²) >= 11 is 0. The van der Waals surface area contributed by atoms with Crippen LogP contribution >= 0.6 is 0 Å². The standard InChI is InChI=1S/C25H28N4O4S/c1-17-13-18(2)24(19(3)14-17)34(31,32)29-11-7-20(8-12-29)25(30)28-21-5-4-6-22(15-21)33-23-16-26-9-10-27-23/h4-6,9-10,13-16,20H,7-8,11-12H2,1-3H3,(H,28,30). The highest BCUT2D eigenvalue weighted by atomic mass is 32.2. The molecule has 34 heavy (non-hydrogen) atoms. The number of rotatable bonds is 6. The zero-order chi connectivity index (χ0) is 24.3. The number of ether oxygens (including phenoxy) is 1. The zero-order valence-corrected chi connectivity index (χ0v) is 20.3. The number of amides is 1. The molecule has 0 aliphatic carbocycles. The van der Waals surface area contributed by atoms with Gasteiger partial charge in [-0.3, -0.25) is 9.78 Å². The second-order valence-corrected chi connectivity index (χ2v) is 10.4. The second kappa shape index (κ2) is 9.90. The molecule has 1 aliphatic rings. The molecule has 4 rings (SSSR count). The van der Waals surface area contributed by atoms with E-state index in [-0.39, 0.29) is 11.8 Å². The van der Waals surface area contributed by atoms with Crippen LogP contribution in [0.5, 0.6) is 11.6 Å². The molecule has 2 heterocycles. The molecule has 0 atom stereocenters. The molecule has 0 radical (unpaired) electrons. The lowest BCUT2D eigenvalue weighted by molar-refractivity contribution is -0.120. The van der Waals surface area contributed by atoms with Gasteiger partial charge in [0, 0.05) is 43.2 Å². The number of aromatic nitrogens is 2. The van der Waals surface area contributed by atoms with Gasteiger partial charge < -0.3 is 10.1 Å². The number of benzene rings is 2. The maximum absolute atomic E-state index is 13.3. The van der Waals surface area contributed by atoms with Crippen LogP contribution in [0.1, 0.15) is 29.5 Å². The minimum Gasteiger partial charge on any atom is -0.437 e. The average Bonchev–Trinajstić information content (AvgIpc) is 2.79. The summed E-state index contributed by atoms with van der Waals surface area (Å²) in [4.78, 5) is 21.3. The Balaban J connectivity index is 1.38. The lowest BCUT2D eigenvalue weighted by Crippen LogP contribution is -2.41. The lowest BCUT2D eigenvalue weighted by atomic mass is 9.97. The largest absolute Gasteiger partial charge is 0.437 e. The molecule has 1 N–H and O–H groups in total. The summed E-state index contributed by atoms with van der Waals surface area (Å²) in [6.07, 6.45) is 5.53. The van der Waals surface area contributed by atoms with E-state index in [4.69, 9.17) is 4.74 Å². The van der Waals surface area contributed by atoms with Crippen LogP contribution in [0, 0.1) is 26.7 Å². The number of anilines is 1. The van der Waals surface area contributed by atoms with E-state index in [9.17, 15) is 13.2 Å². The van der Waals surface area contributed by atoms with Crippen LogP contribution in [-0.2, 0) is 14.8 Å². The van der Waals surface area contributed by atoms with Crippen LogP contribution in [0.2, 0.25) is 0 Å². The van der Waals surface area contributed by atoms with Crippen molar-refractivity contribution in [1.29, 1.82) is 0 Å². The first-order valence-corrected chi connectivity index (χ1v) is 12.6. The Bertz CT molecular complexity index is 1260. The minimum absolute atomic E-state index is 0.128. The number of nitrogens with one attached hydrogen (secondary N) is 1. The third-order valence-electron chi connectivity index (χ3n) is 5.89. The summed E-state index contributed by atoms with van der Waals surface area (Å²) in [5.74, 6) is 0.495. The number of hydrogen-bond donors (Lipinski definition) is 1. The lowest BCUT2D eigenvalue weighted by Gasteiger charge is -2.31. The van der Waals surface area contributed by atoms with Crippen LogP contribution in [-0.4, -0.2) is 41.7 Å². The van der Waals surface area contributed by atoms with Gasteiger partial charge in [-0.15, -0.1) is 0 Å². The molecule has 3 aromatic rings. The smallest absolute Gasteiger partial charge is 0.243 e. The molecule has 178 valence electrons. The van der Waals surface area contributed by atoms with Gasteiger partial charge >= 0.3 is 0 Å². The second-order valence-electron chi connectivity index (χ2n) is 8.57. The number of carbonyl (C=O) groups is 1. The first-order valence-electron chi connectivity index (χ1n) is 11.2. The van der Waals surface area contributed by atoms with Crippen molar-refractivity contribution in [2.24, 2.45) is 5.92 Å². The van der Waals surface area contributed by atoms with Gasteiger partial charge in [0.1, 0.15) is 5.75 Å². The SMILES string of the molecule is Cc1cc(C)c(S(=O)(=O)N2CCC(C(=O)Nc3cccc(Oc4cnccn4)c3)CC2)c(C)c1. The highest BCUT2D eigenvalue weighted by Gasteiger charge is 2.33. The molecule has 1 aromatic heterocycles. The molecule has 0 spiro atoms. The van der Waals surface area contributed by atoms with Crippen LogP contribution in [0.25, 0.3) is 0 Å². The van der Waals surface area contributed by atoms with Crippen molar-refractivity contribution in [3.63, 3.8) is 0 Å². The fourth-order valence-electron chi connectivity index (χ4n) is 4.40. The number of piperidine rings is 1. The molecule has 0 saturated carbocycles. The zero-order valence-electron chi connectivity index (χ0n) is 19.5. The van der Waals surface area contributed by atoms with Gasteiger partial charge in [0.05, 0.1) is 11.1 Å². The summed E-state index contributed by atoms with van der Waals surface area (Å²) in [6, 6.07) is 10.8. The summed E-state index contributed by atoms with van der Waals surface area (Å²) in [6.45, 7) is 6.23. The van der Waals surface area contributed by atoms with E-state index in [0.29, 0.717) is 48.1 Å². The summed E-state index contributed by atoms with van der Waals surface area (Å²) in [7, 11) is -3.61. The van der Waals surface area contributed by atoms with Gasteiger partial charge in [-0.1, -0.05) is 23.8 Å². The average molecular weight is 481 g/mol. The van der Waals surface area contributed by atoms with Crippen molar-refractivity contribution in [3.05, 3.63) is 71.7 Å². The topological polar surface area (TPSA) is 101 Å². The Hall–Kier alpha value is -3.30. The van der Waals surface area contributed by atoms with E-state index in [1.165, 1.54) is 16.7 Å². The highest BCUT2D eigenvalue weighted by Crippen LogP contribution is 2.29. The van der Waals surface area contributed by atoms with Crippen LogP contribution in [0.3, 0.4) is 0 Å². The van der Waals surface area contributed by atoms with Gasteiger partial charge in [0.2, 0.25) is 21.8 Å². The molecular weight excluding hydrogens is 452 g/mol. The number of nitrogens with zero attached hydrogens (tertiary/aromatic N) is 3. The van der Waals surface area contributed by atoms with Crippen LogP contribution < -0.4 is 10.1 Å². The molecule has 1 saturated heterocycles. The summed E-state index contributed by atoms with van der Waals surface area (Å²) in [5, 5.41) is 2.92. The van der Waals surface area contributed by atoms with E-state index in [1.54, 1.807) is 30.5 Å². The Morgan fingerprint density at radius 1 is 1.06 bits per heavy atom. The first kappa shape index (κ1) is 23.8. The first-order chi connectivity index (χ1) is 16.2. The van der Waals surface area contributed by atoms with Crippen molar-refractivity contribution in [3.8, 4) is 11.6 Å². The van der Waals surface area contributed by atoms with Gasteiger partial charge in [-0.2, -0.15) is 4.31 Å². The summed E-state index contributed by atoms with van der Waals surface area (Å²) < 4.78 is 33.8. The Morgan fingerprint density at radius 3 is 2.41 bits per heavy atom. The fourth-order valence-corrected chi connectivity index (χ4v) is 6.28. The maximum atomic E-state index is 13.3. The minimum atomic E-state index is -3.61. The Labute approximate surface area is 200 Å². The van der Waals surface area contributed by atoms with Crippen LogP contribution in [0.4, 0.5) is 5.69 Å². The van der Waals surface area contributed by atoms with E-state index >= 15 is 0 Å². The van der Waals surface area contributed by atoms with Crippen molar-refractivity contribution in [2.75, 3.05) is 18.4 Å². The Morgan fingerprint density at radius 2 is 1.76 bits per heavy atom. The molecule has 8 nitrogen and oxygen atoms in total. The number of aryl methyl sites for hydroxylation is 3.